The van der Waals surface area contributed by atoms with E-state index in [-0.39, 0.29) is 18.6 Å². The van der Waals surface area contributed by atoms with Crippen molar-refractivity contribution in [1.29, 1.82) is 0 Å². The second-order valence-electron chi connectivity index (χ2n) is 3.09. The number of halogens is 1. The minimum atomic E-state index is -0.0426. The highest BCUT2D eigenvalue weighted by molar-refractivity contribution is 6.31. The maximum absolute atomic E-state index is 11.4. The summed E-state index contributed by atoms with van der Waals surface area (Å²) in [5.41, 5.74) is 1.51. The highest BCUT2D eigenvalue weighted by Crippen LogP contribution is 2.17. The molecule has 0 aromatic heterocycles. The summed E-state index contributed by atoms with van der Waals surface area (Å²) in [6, 6.07) is 5.18. The van der Waals surface area contributed by atoms with Gasteiger partial charge >= 0.3 is 0 Å². The van der Waals surface area contributed by atoms with E-state index in [0.29, 0.717) is 10.6 Å². The Kier molecular flexibility index (Phi) is 3.84. The van der Waals surface area contributed by atoms with Gasteiger partial charge in [-0.1, -0.05) is 23.7 Å². The topological polar surface area (TPSA) is 34.1 Å². The summed E-state index contributed by atoms with van der Waals surface area (Å²) in [6.07, 6.45) is 1.26. The van der Waals surface area contributed by atoms with Crippen LogP contribution in [-0.4, -0.2) is 12.1 Å². The largest absolute Gasteiger partial charge is 0.303 e. The summed E-state index contributed by atoms with van der Waals surface area (Å²) in [5, 5.41) is 0.585. The number of aryl methyl sites for hydroxylation is 1. The molecule has 0 unspecified atom stereocenters. The van der Waals surface area contributed by atoms with Crippen molar-refractivity contribution in [2.75, 3.05) is 0 Å². The van der Waals surface area contributed by atoms with E-state index < -0.39 is 0 Å². The molecule has 1 aromatic rings. The molecule has 0 amide bonds. The first kappa shape index (κ1) is 10.9. The van der Waals surface area contributed by atoms with Crippen LogP contribution in [0.1, 0.15) is 28.8 Å². The normalized spacial score (nSPS) is 9.86. The lowest BCUT2D eigenvalue weighted by Gasteiger charge is -2.01. The summed E-state index contributed by atoms with van der Waals surface area (Å²) < 4.78 is 0. The van der Waals surface area contributed by atoms with Crippen molar-refractivity contribution in [3.63, 3.8) is 0 Å². The van der Waals surface area contributed by atoms with Crippen LogP contribution in [0.2, 0.25) is 5.02 Å². The Labute approximate surface area is 87.9 Å². The van der Waals surface area contributed by atoms with Gasteiger partial charge < -0.3 is 4.79 Å². The third-order valence-electron chi connectivity index (χ3n) is 1.98. The molecule has 0 saturated carbocycles. The molecule has 0 saturated heterocycles. The lowest BCUT2D eigenvalue weighted by atomic mass is 10.1. The minimum Gasteiger partial charge on any atom is -0.303 e. The highest BCUT2D eigenvalue weighted by Gasteiger charge is 2.06. The van der Waals surface area contributed by atoms with Crippen molar-refractivity contribution in [3.8, 4) is 0 Å². The molecule has 0 bridgehead atoms. The Hall–Kier alpha value is -1.15. The molecule has 14 heavy (non-hydrogen) atoms. The number of Topliss-reactive ketones (excluding diaryl/α,β-unsaturated/α-hetero) is 1. The van der Waals surface area contributed by atoms with Crippen LogP contribution >= 0.6 is 11.6 Å². The first-order valence-corrected chi connectivity index (χ1v) is 4.76. The van der Waals surface area contributed by atoms with Crippen LogP contribution in [0.4, 0.5) is 0 Å². The molecule has 0 aliphatic carbocycles. The van der Waals surface area contributed by atoms with Gasteiger partial charge in [-0.3, -0.25) is 4.79 Å². The monoisotopic (exact) mass is 210 g/mol. The fraction of sp³-hybridized carbons (Fsp3) is 0.273. The van der Waals surface area contributed by atoms with E-state index in [1.807, 2.05) is 6.92 Å². The fourth-order valence-corrected chi connectivity index (χ4v) is 1.28. The Morgan fingerprint density at radius 3 is 2.79 bits per heavy atom. The van der Waals surface area contributed by atoms with Gasteiger partial charge in [0.05, 0.1) is 0 Å². The van der Waals surface area contributed by atoms with Crippen LogP contribution in [0.25, 0.3) is 0 Å². The average Bonchev–Trinajstić information content (AvgIpc) is 2.18. The molecule has 0 heterocycles. The zero-order valence-electron chi connectivity index (χ0n) is 7.92. The van der Waals surface area contributed by atoms with Crippen molar-refractivity contribution in [3.05, 3.63) is 34.3 Å². The molecule has 1 aromatic carbocycles. The summed E-state index contributed by atoms with van der Waals surface area (Å²) >= 11 is 5.87. The standard InChI is InChI=1S/C11H11ClO2/c1-8-4-5-9(7-10(8)12)11(14)3-2-6-13/h4-7H,2-3H2,1H3. The van der Waals surface area contributed by atoms with Crippen LogP contribution in [0, 0.1) is 6.92 Å². The summed E-state index contributed by atoms with van der Waals surface area (Å²) in [6.45, 7) is 1.88. The molecule has 0 radical (unpaired) electrons. The predicted octanol–water partition coefficient (Wildman–Crippen LogP) is 2.81. The maximum Gasteiger partial charge on any atom is 0.163 e. The van der Waals surface area contributed by atoms with E-state index in [9.17, 15) is 9.59 Å². The molecule has 1 rings (SSSR count). The molecule has 74 valence electrons. The number of ketones is 1. The second-order valence-corrected chi connectivity index (χ2v) is 3.50. The molecule has 0 aliphatic rings. The van der Waals surface area contributed by atoms with E-state index >= 15 is 0 Å². The van der Waals surface area contributed by atoms with Gasteiger partial charge in [-0.25, -0.2) is 0 Å². The quantitative estimate of drug-likeness (QED) is 0.566. The van der Waals surface area contributed by atoms with Crippen LogP contribution in [-0.2, 0) is 4.79 Å². The maximum atomic E-state index is 11.4. The molecule has 0 atom stereocenters. The van der Waals surface area contributed by atoms with Crippen molar-refractivity contribution >= 4 is 23.7 Å². The van der Waals surface area contributed by atoms with Gasteiger partial charge in [-0.2, -0.15) is 0 Å². The Bertz CT molecular complexity index is 358. The van der Waals surface area contributed by atoms with Crippen LogP contribution in [0.5, 0.6) is 0 Å². The van der Waals surface area contributed by atoms with E-state index in [0.717, 1.165) is 11.8 Å². The lowest BCUT2D eigenvalue weighted by molar-refractivity contribution is -0.107. The molecule has 3 heteroatoms. The lowest BCUT2D eigenvalue weighted by Crippen LogP contribution is -1.99. The minimum absolute atomic E-state index is 0.0426. The summed E-state index contributed by atoms with van der Waals surface area (Å²) in [4.78, 5) is 21.5. The van der Waals surface area contributed by atoms with Crippen LogP contribution in [0.15, 0.2) is 18.2 Å². The smallest absolute Gasteiger partial charge is 0.163 e. The first-order chi connectivity index (χ1) is 6.65. The number of rotatable bonds is 4. The van der Waals surface area contributed by atoms with E-state index in [4.69, 9.17) is 11.6 Å². The number of benzene rings is 1. The van der Waals surface area contributed by atoms with E-state index in [2.05, 4.69) is 0 Å². The number of carbonyl (C=O) groups excluding carboxylic acids is 2. The highest BCUT2D eigenvalue weighted by atomic mass is 35.5. The Balaban J connectivity index is 2.80. The fourth-order valence-electron chi connectivity index (χ4n) is 1.10. The van der Waals surface area contributed by atoms with Crippen LogP contribution < -0.4 is 0 Å². The van der Waals surface area contributed by atoms with Crippen molar-refractivity contribution in [2.45, 2.75) is 19.8 Å². The predicted molar refractivity (Wildman–Crippen MR) is 55.8 cm³/mol. The van der Waals surface area contributed by atoms with Gasteiger partial charge in [-0.15, -0.1) is 0 Å². The number of aldehydes is 1. The third-order valence-corrected chi connectivity index (χ3v) is 2.39. The molecule has 0 spiro atoms. The first-order valence-electron chi connectivity index (χ1n) is 4.38. The zero-order valence-corrected chi connectivity index (χ0v) is 8.67. The molecule has 2 nitrogen and oxygen atoms in total. The number of hydrogen-bond acceptors (Lipinski definition) is 2. The number of hydrogen-bond donors (Lipinski definition) is 0. The molecular weight excluding hydrogens is 200 g/mol. The summed E-state index contributed by atoms with van der Waals surface area (Å²) in [5.74, 6) is -0.0426. The van der Waals surface area contributed by atoms with E-state index in [1.54, 1.807) is 18.2 Å². The second kappa shape index (κ2) is 4.91. The van der Waals surface area contributed by atoms with Gasteiger partial charge in [0.1, 0.15) is 6.29 Å². The van der Waals surface area contributed by atoms with Crippen molar-refractivity contribution in [1.82, 2.24) is 0 Å². The van der Waals surface area contributed by atoms with Gasteiger partial charge in [0.15, 0.2) is 5.78 Å². The molecule has 0 N–H and O–H groups in total. The van der Waals surface area contributed by atoms with Crippen LogP contribution in [0.3, 0.4) is 0 Å². The molecule has 0 aliphatic heterocycles. The third kappa shape index (κ3) is 2.67. The Morgan fingerprint density at radius 1 is 1.50 bits per heavy atom. The SMILES string of the molecule is Cc1ccc(C(=O)CCC=O)cc1Cl. The van der Waals surface area contributed by atoms with E-state index in [1.165, 1.54) is 0 Å². The van der Waals surface area contributed by atoms with Gasteiger partial charge in [0.25, 0.3) is 0 Å². The van der Waals surface area contributed by atoms with Gasteiger partial charge in [0.2, 0.25) is 0 Å². The van der Waals surface area contributed by atoms with Crippen molar-refractivity contribution in [2.24, 2.45) is 0 Å². The zero-order chi connectivity index (χ0) is 10.6. The number of carbonyl (C=O) groups is 2. The summed E-state index contributed by atoms with van der Waals surface area (Å²) in [7, 11) is 0. The van der Waals surface area contributed by atoms with Crippen molar-refractivity contribution < 1.29 is 9.59 Å². The van der Waals surface area contributed by atoms with Gasteiger partial charge in [0, 0.05) is 23.4 Å². The average molecular weight is 211 g/mol. The molecular formula is C11H11ClO2. The molecule has 0 fully saturated rings. The Morgan fingerprint density at radius 2 is 2.21 bits per heavy atom. The van der Waals surface area contributed by atoms with Gasteiger partial charge in [-0.05, 0) is 18.6 Å².